The first kappa shape index (κ1) is 15.0. The number of aryl methyl sites for hydroxylation is 1. The second-order valence-electron chi connectivity index (χ2n) is 4.87. The molecule has 1 aromatic heterocycles. The molecule has 1 aromatic carbocycles. The Bertz CT molecular complexity index is 495. The van der Waals surface area contributed by atoms with Gasteiger partial charge in [-0.15, -0.1) is 11.3 Å². The summed E-state index contributed by atoms with van der Waals surface area (Å²) in [5.41, 5.74) is 2.45. The molecule has 0 amide bonds. The van der Waals surface area contributed by atoms with E-state index < -0.39 is 0 Å². The lowest BCUT2D eigenvalue weighted by Crippen LogP contribution is -2.23. The fraction of sp³-hybridized carbons (Fsp3) is 0.438. The maximum atomic E-state index is 4.55. The lowest BCUT2D eigenvalue weighted by molar-refractivity contribution is 0.638. The molecule has 108 valence electrons. The zero-order valence-electron chi connectivity index (χ0n) is 12.3. The van der Waals surface area contributed by atoms with Gasteiger partial charge in [0.05, 0.1) is 10.7 Å². The normalized spacial score (nSPS) is 10.7. The average molecular weight is 289 g/mol. The molecule has 2 rings (SSSR count). The average Bonchev–Trinajstić information content (AvgIpc) is 2.95. The molecule has 0 spiro atoms. The molecule has 0 saturated carbocycles. The van der Waals surface area contributed by atoms with E-state index in [0.717, 1.165) is 32.5 Å². The Morgan fingerprint density at radius 2 is 2.05 bits per heavy atom. The molecule has 0 bridgehead atoms. The number of rotatable bonds is 8. The fourth-order valence-electron chi connectivity index (χ4n) is 2.06. The lowest BCUT2D eigenvalue weighted by atomic mass is 10.3. The summed E-state index contributed by atoms with van der Waals surface area (Å²) in [7, 11) is 2.14. The highest BCUT2D eigenvalue weighted by Crippen LogP contribution is 2.11. The standard InChI is InChI=1S/C16H23N3S/c1-3-16-18-14(13-20-16)12-17-10-7-11-19(2)15-8-5-4-6-9-15/h4-6,8-9,13,17H,3,7,10-12H2,1-2H3. The maximum absolute atomic E-state index is 4.55. The molecule has 1 heterocycles. The third-order valence-electron chi connectivity index (χ3n) is 3.25. The van der Waals surface area contributed by atoms with Crippen molar-refractivity contribution < 1.29 is 0 Å². The van der Waals surface area contributed by atoms with Crippen LogP contribution in [0.2, 0.25) is 0 Å². The Kier molecular flexibility index (Phi) is 6.02. The zero-order valence-corrected chi connectivity index (χ0v) is 13.1. The summed E-state index contributed by atoms with van der Waals surface area (Å²) in [6, 6.07) is 10.5. The first-order valence-corrected chi connectivity index (χ1v) is 8.07. The van der Waals surface area contributed by atoms with Crippen molar-refractivity contribution in [1.82, 2.24) is 10.3 Å². The van der Waals surface area contributed by atoms with Gasteiger partial charge in [-0.25, -0.2) is 4.98 Å². The van der Waals surface area contributed by atoms with Gasteiger partial charge in [0.25, 0.3) is 0 Å². The Labute approximate surface area is 125 Å². The number of benzene rings is 1. The van der Waals surface area contributed by atoms with E-state index >= 15 is 0 Å². The molecule has 4 heteroatoms. The van der Waals surface area contributed by atoms with Gasteiger partial charge in [-0.05, 0) is 31.5 Å². The van der Waals surface area contributed by atoms with Crippen LogP contribution in [0.3, 0.4) is 0 Å². The highest BCUT2D eigenvalue weighted by Gasteiger charge is 2.01. The van der Waals surface area contributed by atoms with E-state index in [0.29, 0.717) is 0 Å². The highest BCUT2D eigenvalue weighted by molar-refractivity contribution is 7.09. The van der Waals surface area contributed by atoms with Crippen molar-refractivity contribution in [3.8, 4) is 0 Å². The second kappa shape index (κ2) is 8.02. The van der Waals surface area contributed by atoms with E-state index in [1.165, 1.54) is 16.4 Å². The highest BCUT2D eigenvalue weighted by atomic mass is 32.1. The predicted molar refractivity (Wildman–Crippen MR) is 87.5 cm³/mol. The first-order chi connectivity index (χ1) is 9.79. The molecule has 0 unspecified atom stereocenters. The van der Waals surface area contributed by atoms with Crippen LogP contribution in [0.5, 0.6) is 0 Å². The van der Waals surface area contributed by atoms with Gasteiger partial charge < -0.3 is 10.2 Å². The summed E-state index contributed by atoms with van der Waals surface area (Å²) < 4.78 is 0. The summed E-state index contributed by atoms with van der Waals surface area (Å²) in [5.74, 6) is 0. The van der Waals surface area contributed by atoms with Crippen molar-refractivity contribution in [3.05, 3.63) is 46.4 Å². The van der Waals surface area contributed by atoms with E-state index in [4.69, 9.17) is 0 Å². The number of aromatic nitrogens is 1. The number of thiazole rings is 1. The monoisotopic (exact) mass is 289 g/mol. The molecule has 0 atom stereocenters. The van der Waals surface area contributed by atoms with Crippen molar-refractivity contribution in [2.75, 3.05) is 25.0 Å². The fourth-order valence-corrected chi connectivity index (χ4v) is 2.81. The molecule has 2 aromatic rings. The molecule has 20 heavy (non-hydrogen) atoms. The lowest BCUT2D eigenvalue weighted by Gasteiger charge is -2.19. The second-order valence-corrected chi connectivity index (χ2v) is 5.82. The van der Waals surface area contributed by atoms with Gasteiger partial charge >= 0.3 is 0 Å². The molecule has 0 radical (unpaired) electrons. The van der Waals surface area contributed by atoms with Crippen LogP contribution >= 0.6 is 11.3 Å². The van der Waals surface area contributed by atoms with Crippen molar-refractivity contribution >= 4 is 17.0 Å². The van der Waals surface area contributed by atoms with Crippen LogP contribution in [0, 0.1) is 0 Å². The van der Waals surface area contributed by atoms with Crippen LogP contribution in [-0.4, -0.2) is 25.1 Å². The number of nitrogens with zero attached hydrogens (tertiary/aromatic N) is 2. The minimum atomic E-state index is 0.881. The van der Waals surface area contributed by atoms with Gasteiger partial charge in [0, 0.05) is 31.2 Å². The van der Waals surface area contributed by atoms with Crippen molar-refractivity contribution in [2.24, 2.45) is 0 Å². The Morgan fingerprint density at radius 1 is 1.25 bits per heavy atom. The largest absolute Gasteiger partial charge is 0.375 e. The smallest absolute Gasteiger partial charge is 0.0926 e. The molecule has 3 nitrogen and oxygen atoms in total. The van der Waals surface area contributed by atoms with Crippen LogP contribution < -0.4 is 10.2 Å². The minimum Gasteiger partial charge on any atom is -0.375 e. The number of hydrogen-bond donors (Lipinski definition) is 1. The van der Waals surface area contributed by atoms with Crippen LogP contribution in [0.15, 0.2) is 35.7 Å². The van der Waals surface area contributed by atoms with Crippen LogP contribution in [0.4, 0.5) is 5.69 Å². The zero-order chi connectivity index (χ0) is 14.2. The molecule has 0 fully saturated rings. The molecule has 0 aliphatic heterocycles. The van der Waals surface area contributed by atoms with Crippen LogP contribution in [0.1, 0.15) is 24.0 Å². The van der Waals surface area contributed by atoms with Crippen molar-refractivity contribution in [3.63, 3.8) is 0 Å². The topological polar surface area (TPSA) is 28.2 Å². The Morgan fingerprint density at radius 3 is 2.75 bits per heavy atom. The van der Waals surface area contributed by atoms with Gasteiger partial charge in [0.2, 0.25) is 0 Å². The Hall–Kier alpha value is -1.39. The van der Waals surface area contributed by atoms with E-state index in [-0.39, 0.29) is 0 Å². The third-order valence-corrected chi connectivity index (χ3v) is 4.29. The molecule has 0 saturated heterocycles. The number of hydrogen-bond acceptors (Lipinski definition) is 4. The molecular weight excluding hydrogens is 266 g/mol. The van der Waals surface area contributed by atoms with Crippen LogP contribution in [0.25, 0.3) is 0 Å². The summed E-state index contributed by atoms with van der Waals surface area (Å²) in [4.78, 5) is 6.85. The first-order valence-electron chi connectivity index (χ1n) is 7.19. The van der Waals surface area contributed by atoms with Crippen molar-refractivity contribution in [2.45, 2.75) is 26.3 Å². The molecule has 1 N–H and O–H groups in total. The van der Waals surface area contributed by atoms with Gasteiger partial charge in [-0.1, -0.05) is 25.1 Å². The van der Waals surface area contributed by atoms with Gasteiger partial charge in [-0.2, -0.15) is 0 Å². The summed E-state index contributed by atoms with van der Waals surface area (Å²) in [6.45, 7) is 5.12. The van der Waals surface area contributed by atoms with Crippen molar-refractivity contribution in [1.29, 1.82) is 0 Å². The SMILES string of the molecule is CCc1nc(CNCCCN(C)c2ccccc2)cs1. The van der Waals surface area contributed by atoms with E-state index in [1.54, 1.807) is 11.3 Å². The predicted octanol–water partition coefficient (Wildman–Crippen LogP) is 3.32. The van der Waals surface area contributed by atoms with Gasteiger partial charge in [-0.3, -0.25) is 0 Å². The van der Waals surface area contributed by atoms with Gasteiger partial charge in [0.15, 0.2) is 0 Å². The number of nitrogens with one attached hydrogen (secondary N) is 1. The molecular formula is C16H23N3S. The summed E-state index contributed by atoms with van der Waals surface area (Å²) >= 11 is 1.76. The van der Waals surface area contributed by atoms with Crippen LogP contribution in [-0.2, 0) is 13.0 Å². The quantitative estimate of drug-likeness (QED) is 0.756. The minimum absolute atomic E-state index is 0.881. The molecule has 0 aliphatic carbocycles. The number of anilines is 1. The van der Waals surface area contributed by atoms with E-state index in [2.05, 4.69) is 64.9 Å². The van der Waals surface area contributed by atoms with E-state index in [9.17, 15) is 0 Å². The summed E-state index contributed by atoms with van der Waals surface area (Å²) in [5, 5.41) is 6.85. The number of para-hydroxylation sites is 1. The Balaban J connectivity index is 1.62. The maximum Gasteiger partial charge on any atom is 0.0926 e. The van der Waals surface area contributed by atoms with Gasteiger partial charge in [0.1, 0.15) is 0 Å². The summed E-state index contributed by atoms with van der Waals surface area (Å²) in [6.07, 6.45) is 2.17. The third kappa shape index (κ3) is 4.62. The van der Waals surface area contributed by atoms with E-state index in [1.807, 2.05) is 0 Å². The molecule has 0 aliphatic rings.